The molecule has 1 heterocycles. The van der Waals surface area contributed by atoms with E-state index in [0.717, 1.165) is 11.0 Å². The van der Waals surface area contributed by atoms with Gasteiger partial charge in [0.2, 0.25) is 0 Å². The number of fused-ring (bicyclic) bond motifs is 1. The molecular weight excluding hydrogens is 307 g/mol. The van der Waals surface area contributed by atoms with Crippen molar-refractivity contribution in [1.82, 2.24) is 9.97 Å². The lowest BCUT2D eigenvalue weighted by molar-refractivity contribution is 0.449. The van der Waals surface area contributed by atoms with E-state index in [4.69, 9.17) is 39.5 Å². The van der Waals surface area contributed by atoms with Crippen molar-refractivity contribution in [3.05, 3.63) is 51.5 Å². The molecule has 1 N–H and O–H groups in total. The summed E-state index contributed by atoms with van der Waals surface area (Å²) in [5, 5.41) is 1.12. The quantitative estimate of drug-likeness (QED) is 0.651. The second kappa shape index (κ2) is 4.93. The second-order valence-electron chi connectivity index (χ2n) is 3.86. The van der Waals surface area contributed by atoms with Gasteiger partial charge in [-0.25, -0.2) is 0 Å². The molecule has 1 aromatic heterocycles. The van der Waals surface area contributed by atoms with Gasteiger partial charge in [-0.15, -0.1) is 0 Å². The highest BCUT2D eigenvalue weighted by Gasteiger charge is 2.10. The average Bonchev–Trinajstić information content (AvgIpc) is 2.78. The minimum Gasteiger partial charge on any atom is -0.424 e. The van der Waals surface area contributed by atoms with Crippen LogP contribution in [-0.2, 0) is 0 Å². The number of aromatic amines is 1. The largest absolute Gasteiger partial charge is 0.424 e. The molecule has 96 valence electrons. The van der Waals surface area contributed by atoms with Gasteiger partial charge in [0.05, 0.1) is 26.1 Å². The number of aromatic nitrogens is 2. The lowest BCUT2D eigenvalue weighted by Gasteiger charge is -2.05. The van der Waals surface area contributed by atoms with Gasteiger partial charge in [0.1, 0.15) is 0 Å². The van der Waals surface area contributed by atoms with Crippen LogP contribution in [0, 0.1) is 0 Å². The highest BCUT2D eigenvalue weighted by Crippen LogP contribution is 2.35. The fourth-order valence-corrected chi connectivity index (χ4v) is 2.24. The molecule has 0 atom stereocenters. The molecule has 0 fully saturated rings. The maximum Gasteiger partial charge on any atom is 0.300 e. The number of halogens is 3. The first-order chi connectivity index (χ1) is 9.13. The first-order valence-corrected chi connectivity index (χ1v) is 6.54. The van der Waals surface area contributed by atoms with Crippen molar-refractivity contribution in [3.8, 4) is 11.8 Å². The summed E-state index contributed by atoms with van der Waals surface area (Å²) in [5.41, 5.74) is 1.70. The van der Waals surface area contributed by atoms with Crippen LogP contribution in [0.5, 0.6) is 11.8 Å². The number of hydrogen-bond donors (Lipinski definition) is 1. The number of ether oxygens (including phenoxy) is 1. The van der Waals surface area contributed by atoms with Crippen molar-refractivity contribution in [2.45, 2.75) is 0 Å². The van der Waals surface area contributed by atoms with Gasteiger partial charge in [-0.05, 0) is 18.2 Å². The van der Waals surface area contributed by atoms with Gasteiger partial charge in [0.15, 0.2) is 5.75 Å². The van der Waals surface area contributed by atoms with Crippen LogP contribution < -0.4 is 4.74 Å². The third kappa shape index (κ3) is 2.50. The monoisotopic (exact) mass is 312 g/mol. The topological polar surface area (TPSA) is 37.9 Å². The summed E-state index contributed by atoms with van der Waals surface area (Å²) in [4.78, 5) is 7.33. The van der Waals surface area contributed by atoms with Gasteiger partial charge in [0.25, 0.3) is 6.01 Å². The van der Waals surface area contributed by atoms with Crippen molar-refractivity contribution in [2.24, 2.45) is 0 Å². The number of para-hydroxylation sites is 2. The third-order valence-electron chi connectivity index (χ3n) is 2.55. The Hall–Kier alpha value is -1.42. The molecule has 3 nitrogen and oxygen atoms in total. The average molecular weight is 314 g/mol. The maximum atomic E-state index is 6.04. The van der Waals surface area contributed by atoms with Gasteiger partial charge in [-0.1, -0.05) is 46.9 Å². The zero-order chi connectivity index (χ0) is 13.4. The van der Waals surface area contributed by atoms with Gasteiger partial charge < -0.3 is 9.72 Å². The Bertz CT molecular complexity index is 722. The zero-order valence-corrected chi connectivity index (χ0v) is 11.7. The van der Waals surface area contributed by atoms with E-state index >= 15 is 0 Å². The number of imidazole rings is 1. The van der Waals surface area contributed by atoms with E-state index in [1.165, 1.54) is 6.07 Å². The Kier molecular flexibility index (Phi) is 3.27. The van der Waals surface area contributed by atoms with Crippen LogP contribution in [0.3, 0.4) is 0 Å². The Labute approximate surface area is 124 Å². The molecule has 0 aliphatic carbocycles. The molecule has 19 heavy (non-hydrogen) atoms. The van der Waals surface area contributed by atoms with Crippen molar-refractivity contribution >= 4 is 45.8 Å². The Balaban J connectivity index is 1.98. The summed E-state index contributed by atoms with van der Waals surface area (Å²) in [6.45, 7) is 0. The standard InChI is InChI=1S/C13H7Cl3N2O/c14-7-5-9(16)12(6-8(7)15)19-13-17-10-3-1-2-4-11(10)18-13/h1-6H,(H,17,18). The predicted molar refractivity (Wildman–Crippen MR) is 77.6 cm³/mol. The third-order valence-corrected chi connectivity index (χ3v) is 3.57. The molecule has 3 aromatic rings. The van der Waals surface area contributed by atoms with Gasteiger partial charge in [-0.2, -0.15) is 4.98 Å². The number of benzene rings is 2. The summed E-state index contributed by atoms with van der Waals surface area (Å²) in [7, 11) is 0. The van der Waals surface area contributed by atoms with E-state index in [-0.39, 0.29) is 0 Å². The van der Waals surface area contributed by atoms with E-state index in [0.29, 0.717) is 26.8 Å². The fraction of sp³-hybridized carbons (Fsp3) is 0. The first kappa shape index (κ1) is 12.6. The summed E-state index contributed by atoms with van der Waals surface area (Å²) < 4.78 is 5.59. The highest BCUT2D eigenvalue weighted by atomic mass is 35.5. The molecule has 3 rings (SSSR count). The number of nitrogens with zero attached hydrogens (tertiary/aromatic N) is 1. The molecule has 0 spiro atoms. The molecule has 0 aliphatic heterocycles. The molecule has 0 aliphatic rings. The van der Waals surface area contributed by atoms with Crippen molar-refractivity contribution in [1.29, 1.82) is 0 Å². The van der Waals surface area contributed by atoms with Crippen LogP contribution in [0.2, 0.25) is 15.1 Å². The van der Waals surface area contributed by atoms with Crippen LogP contribution in [0.1, 0.15) is 0 Å². The molecular formula is C13H7Cl3N2O. The fourth-order valence-electron chi connectivity index (χ4n) is 1.66. The summed E-state index contributed by atoms with van der Waals surface area (Å²) >= 11 is 17.8. The maximum absolute atomic E-state index is 6.04. The minimum atomic E-state index is 0.349. The van der Waals surface area contributed by atoms with Gasteiger partial charge in [-0.3, -0.25) is 0 Å². The van der Waals surface area contributed by atoms with Crippen LogP contribution in [-0.4, -0.2) is 9.97 Å². The van der Waals surface area contributed by atoms with Crippen LogP contribution in [0.4, 0.5) is 0 Å². The smallest absolute Gasteiger partial charge is 0.300 e. The molecule has 0 saturated carbocycles. The molecule has 0 unspecified atom stereocenters. The SMILES string of the molecule is Clc1cc(Cl)c(Oc2nc3ccccc3[nH]2)cc1Cl. The van der Waals surface area contributed by atoms with Crippen LogP contribution >= 0.6 is 34.8 Å². The number of hydrogen-bond acceptors (Lipinski definition) is 2. The van der Waals surface area contributed by atoms with E-state index in [1.54, 1.807) is 6.07 Å². The van der Waals surface area contributed by atoms with Crippen LogP contribution in [0.15, 0.2) is 36.4 Å². The Morgan fingerprint density at radius 1 is 0.947 bits per heavy atom. The molecule has 0 bridgehead atoms. The molecule has 6 heteroatoms. The van der Waals surface area contributed by atoms with E-state index in [1.807, 2.05) is 24.3 Å². The van der Waals surface area contributed by atoms with Gasteiger partial charge in [0, 0.05) is 6.07 Å². The van der Waals surface area contributed by atoms with E-state index in [9.17, 15) is 0 Å². The normalized spacial score (nSPS) is 10.9. The predicted octanol–water partition coefficient (Wildman–Crippen LogP) is 5.32. The summed E-state index contributed by atoms with van der Waals surface area (Å²) in [5.74, 6) is 0.398. The van der Waals surface area contributed by atoms with Crippen LogP contribution in [0.25, 0.3) is 11.0 Å². The number of H-pyrrole nitrogens is 1. The Morgan fingerprint density at radius 3 is 2.47 bits per heavy atom. The van der Waals surface area contributed by atoms with Crippen molar-refractivity contribution < 1.29 is 4.74 Å². The Morgan fingerprint density at radius 2 is 1.68 bits per heavy atom. The van der Waals surface area contributed by atoms with Crippen molar-refractivity contribution in [2.75, 3.05) is 0 Å². The molecule has 0 amide bonds. The molecule has 0 radical (unpaired) electrons. The minimum absolute atomic E-state index is 0.349. The summed E-state index contributed by atoms with van der Waals surface area (Å²) in [6, 6.07) is 11.0. The number of nitrogens with one attached hydrogen (secondary N) is 1. The van der Waals surface area contributed by atoms with E-state index < -0.39 is 0 Å². The lowest BCUT2D eigenvalue weighted by Crippen LogP contribution is -1.87. The lowest BCUT2D eigenvalue weighted by atomic mass is 10.3. The molecule has 0 saturated heterocycles. The van der Waals surface area contributed by atoms with E-state index in [2.05, 4.69) is 9.97 Å². The number of rotatable bonds is 2. The highest BCUT2D eigenvalue weighted by molar-refractivity contribution is 6.43. The van der Waals surface area contributed by atoms with Gasteiger partial charge >= 0.3 is 0 Å². The first-order valence-electron chi connectivity index (χ1n) is 5.40. The zero-order valence-electron chi connectivity index (χ0n) is 9.45. The van der Waals surface area contributed by atoms with Crippen molar-refractivity contribution in [3.63, 3.8) is 0 Å². The summed E-state index contributed by atoms with van der Waals surface area (Å²) in [6.07, 6.45) is 0. The second-order valence-corrected chi connectivity index (χ2v) is 5.08. The molecule has 2 aromatic carbocycles.